The highest BCUT2D eigenvalue weighted by Crippen LogP contribution is 2.56. The van der Waals surface area contributed by atoms with Gasteiger partial charge in [0.15, 0.2) is 5.78 Å². The summed E-state index contributed by atoms with van der Waals surface area (Å²) < 4.78 is 10.8. The minimum atomic E-state index is -1.22. The summed E-state index contributed by atoms with van der Waals surface area (Å²) in [6.45, 7) is 3.83. The van der Waals surface area contributed by atoms with Crippen LogP contribution < -0.4 is 20.7 Å². The molecule has 10 nitrogen and oxygen atoms in total. The van der Waals surface area contributed by atoms with Crippen molar-refractivity contribution in [1.29, 1.82) is 0 Å². The number of carbonyl (C=O) groups is 3. The number of hydrogen-bond acceptors (Lipinski definition) is 8. The Morgan fingerprint density at radius 1 is 1.12 bits per heavy atom. The van der Waals surface area contributed by atoms with Gasteiger partial charge in [0.1, 0.15) is 23.1 Å². The van der Waals surface area contributed by atoms with Crippen LogP contribution in [0.2, 0.25) is 0 Å². The van der Waals surface area contributed by atoms with Gasteiger partial charge in [-0.05, 0) is 75.5 Å². The van der Waals surface area contributed by atoms with Crippen molar-refractivity contribution in [1.82, 2.24) is 16.0 Å². The summed E-state index contributed by atoms with van der Waals surface area (Å²) in [7, 11) is 1.59. The van der Waals surface area contributed by atoms with Crippen molar-refractivity contribution < 1.29 is 34.1 Å². The Labute approximate surface area is 241 Å². The van der Waals surface area contributed by atoms with E-state index in [-0.39, 0.29) is 35.9 Å². The van der Waals surface area contributed by atoms with Gasteiger partial charge in [-0.1, -0.05) is 37.8 Å². The van der Waals surface area contributed by atoms with Gasteiger partial charge in [0.25, 0.3) is 0 Å². The number of ether oxygens (including phenoxy) is 2. The fourth-order valence-corrected chi connectivity index (χ4v) is 6.89. The van der Waals surface area contributed by atoms with E-state index in [1.165, 1.54) is 0 Å². The van der Waals surface area contributed by atoms with Gasteiger partial charge in [0.2, 0.25) is 11.8 Å². The standard InChI is InChI=1S/C31H45N3O7/c1-18(32-27(37)21-10-11-22(35)15-21)26(36)33-25(14-19-8-12-23(40-3)13-9-19)28(38)34-31(29(39)30(2)17-41-30)16-24(31)20-6-4-5-7-20/h8-9,12-13,18,20-22,24-26,33,35-36H,4-7,10-11,14-17H2,1-3H3,(H,32,37)(H,34,38)/t18-,21-,22-,24?,25+,26?,30-,31?/m1/s1. The molecule has 3 saturated carbocycles. The van der Waals surface area contributed by atoms with E-state index >= 15 is 0 Å². The molecule has 8 atom stereocenters. The molecule has 41 heavy (non-hydrogen) atoms. The molecule has 1 saturated heterocycles. The van der Waals surface area contributed by atoms with Crippen molar-refractivity contribution in [2.45, 2.75) is 107 Å². The molecule has 3 unspecified atom stereocenters. The highest BCUT2D eigenvalue weighted by molar-refractivity contribution is 6.03. The zero-order chi connectivity index (χ0) is 29.4. The number of aliphatic hydroxyl groups excluding tert-OH is 2. The van der Waals surface area contributed by atoms with E-state index in [9.17, 15) is 24.6 Å². The third-order valence-corrected chi connectivity index (χ3v) is 9.70. The first-order valence-electron chi connectivity index (χ1n) is 15.1. The molecule has 1 aromatic rings. The number of aliphatic hydroxyl groups is 2. The molecular formula is C31H45N3O7. The molecule has 3 aliphatic carbocycles. The van der Waals surface area contributed by atoms with E-state index in [1.54, 1.807) is 21.0 Å². The summed E-state index contributed by atoms with van der Waals surface area (Å²) in [5.41, 5.74) is -0.958. The van der Waals surface area contributed by atoms with Crippen LogP contribution in [0.3, 0.4) is 0 Å². The first-order chi connectivity index (χ1) is 19.5. The quantitative estimate of drug-likeness (QED) is 0.177. The second kappa shape index (κ2) is 12.0. The Balaban J connectivity index is 1.30. The molecule has 1 aromatic carbocycles. The van der Waals surface area contributed by atoms with Crippen LogP contribution >= 0.6 is 0 Å². The molecule has 10 heteroatoms. The second-order valence-corrected chi connectivity index (χ2v) is 12.8. The van der Waals surface area contributed by atoms with Crippen LogP contribution in [0.1, 0.15) is 70.8 Å². The fourth-order valence-electron chi connectivity index (χ4n) is 6.89. The number of hydrogen-bond donors (Lipinski definition) is 5. The third kappa shape index (κ3) is 6.61. The Hall–Kier alpha value is -2.53. The van der Waals surface area contributed by atoms with Crippen molar-refractivity contribution in [2.24, 2.45) is 17.8 Å². The van der Waals surface area contributed by atoms with Gasteiger partial charge in [-0.25, -0.2) is 0 Å². The minimum Gasteiger partial charge on any atom is -0.497 e. The van der Waals surface area contributed by atoms with E-state index in [2.05, 4.69) is 16.0 Å². The van der Waals surface area contributed by atoms with Gasteiger partial charge < -0.3 is 30.3 Å². The van der Waals surface area contributed by atoms with Crippen molar-refractivity contribution >= 4 is 17.6 Å². The van der Waals surface area contributed by atoms with Crippen LogP contribution in [-0.4, -0.2) is 77.1 Å². The number of nitrogens with one attached hydrogen (secondary N) is 3. The van der Waals surface area contributed by atoms with Crippen molar-refractivity contribution in [3.8, 4) is 5.75 Å². The lowest BCUT2D eigenvalue weighted by atomic mass is 9.90. The minimum absolute atomic E-state index is 0.0571. The zero-order valence-corrected chi connectivity index (χ0v) is 24.4. The summed E-state index contributed by atoms with van der Waals surface area (Å²) in [6, 6.07) is 5.80. The van der Waals surface area contributed by atoms with Crippen LogP contribution in [-0.2, 0) is 25.5 Å². The van der Waals surface area contributed by atoms with Gasteiger partial charge in [0.05, 0.1) is 31.9 Å². The van der Waals surface area contributed by atoms with Crippen LogP contribution in [0.25, 0.3) is 0 Å². The molecule has 0 bridgehead atoms. The van der Waals surface area contributed by atoms with E-state index in [4.69, 9.17) is 9.47 Å². The molecule has 1 aliphatic heterocycles. The van der Waals surface area contributed by atoms with E-state index < -0.39 is 35.6 Å². The van der Waals surface area contributed by atoms with Gasteiger partial charge >= 0.3 is 0 Å². The molecule has 0 spiro atoms. The lowest BCUT2D eigenvalue weighted by Gasteiger charge is -2.29. The first kappa shape index (κ1) is 29.9. The lowest BCUT2D eigenvalue weighted by Crippen LogP contribution is -2.60. The number of Topliss-reactive ketones (excluding diaryl/α,β-unsaturated/α-hetero) is 1. The molecule has 4 aliphatic rings. The van der Waals surface area contributed by atoms with Gasteiger partial charge in [-0.15, -0.1) is 0 Å². The predicted molar refractivity (Wildman–Crippen MR) is 151 cm³/mol. The summed E-state index contributed by atoms with van der Waals surface area (Å²) in [5, 5.41) is 29.9. The number of methoxy groups -OCH3 is 1. The number of epoxide rings is 1. The highest BCUT2D eigenvalue weighted by atomic mass is 16.6. The topological polar surface area (TPSA) is 150 Å². The van der Waals surface area contributed by atoms with Gasteiger partial charge in [-0.2, -0.15) is 0 Å². The normalized spacial score (nSPS) is 33.0. The van der Waals surface area contributed by atoms with E-state index in [0.29, 0.717) is 44.0 Å². The summed E-state index contributed by atoms with van der Waals surface area (Å²) in [4.78, 5) is 40.3. The summed E-state index contributed by atoms with van der Waals surface area (Å²) in [5.74, 6) is 0.256. The van der Waals surface area contributed by atoms with Crippen LogP contribution in [0, 0.1) is 17.8 Å². The number of benzene rings is 1. The lowest BCUT2D eigenvalue weighted by molar-refractivity contribution is -0.133. The van der Waals surface area contributed by atoms with Crippen molar-refractivity contribution in [2.75, 3.05) is 13.7 Å². The van der Waals surface area contributed by atoms with Crippen molar-refractivity contribution in [3.63, 3.8) is 0 Å². The maximum absolute atomic E-state index is 13.9. The Morgan fingerprint density at radius 2 is 1.80 bits per heavy atom. The molecule has 0 radical (unpaired) electrons. The van der Waals surface area contributed by atoms with Crippen LogP contribution in [0.15, 0.2) is 24.3 Å². The Kier molecular flexibility index (Phi) is 8.76. The van der Waals surface area contributed by atoms with Crippen LogP contribution in [0.5, 0.6) is 5.75 Å². The maximum Gasteiger partial charge on any atom is 0.238 e. The molecule has 5 N–H and O–H groups in total. The van der Waals surface area contributed by atoms with Gasteiger partial charge in [0, 0.05) is 5.92 Å². The average molecular weight is 572 g/mol. The number of ketones is 1. The van der Waals surface area contributed by atoms with E-state index in [1.807, 2.05) is 24.3 Å². The highest BCUT2D eigenvalue weighted by Gasteiger charge is 2.69. The third-order valence-electron chi connectivity index (χ3n) is 9.70. The van der Waals surface area contributed by atoms with E-state index in [0.717, 1.165) is 31.2 Å². The number of amides is 2. The molecule has 1 heterocycles. The second-order valence-electron chi connectivity index (χ2n) is 12.8. The molecule has 2 amide bonds. The molecule has 0 aromatic heterocycles. The molecule has 4 fully saturated rings. The number of carbonyl (C=O) groups excluding carboxylic acids is 3. The Morgan fingerprint density at radius 3 is 2.39 bits per heavy atom. The Bertz CT molecular complexity index is 1120. The smallest absolute Gasteiger partial charge is 0.238 e. The SMILES string of the molecule is COc1ccc(C[C@H](NC(O)[C@@H](C)NC(=O)[C@@H]2CC[C@@H](O)C2)C(=O)NC2(C(=O)[C@@]3(C)CO3)CC2C2CCCC2)cc1. The monoisotopic (exact) mass is 571 g/mol. The van der Waals surface area contributed by atoms with Crippen molar-refractivity contribution in [3.05, 3.63) is 29.8 Å². The zero-order valence-electron chi connectivity index (χ0n) is 24.4. The fraction of sp³-hybridized carbons (Fsp3) is 0.710. The molecular weight excluding hydrogens is 526 g/mol. The average Bonchev–Trinajstić information content (AvgIpc) is 3.71. The molecule has 226 valence electrons. The van der Waals surface area contributed by atoms with Crippen LogP contribution in [0.4, 0.5) is 0 Å². The molecule has 5 rings (SSSR count). The maximum atomic E-state index is 13.9. The largest absolute Gasteiger partial charge is 0.497 e. The summed E-state index contributed by atoms with van der Waals surface area (Å²) in [6.07, 6.45) is 5.18. The summed E-state index contributed by atoms with van der Waals surface area (Å²) >= 11 is 0. The predicted octanol–water partition coefficient (Wildman–Crippen LogP) is 1.60. The van der Waals surface area contributed by atoms with Gasteiger partial charge in [-0.3, -0.25) is 19.7 Å². The number of rotatable bonds is 13. The first-order valence-corrected chi connectivity index (χ1v) is 15.1.